The molecule has 0 fully saturated rings. The van der Waals surface area contributed by atoms with Crippen LogP contribution in [0.15, 0.2) is 211 Å². The van der Waals surface area contributed by atoms with Crippen LogP contribution in [0.1, 0.15) is 0 Å². The molecule has 3 heterocycles. The molecule has 0 atom stereocenters. The molecule has 0 unspecified atom stereocenters. The molecule has 12 aromatic rings. The molecule has 272 valence electrons. The molecule has 0 aliphatic heterocycles. The van der Waals surface area contributed by atoms with Crippen molar-refractivity contribution in [1.29, 1.82) is 0 Å². The Bertz CT molecular complexity index is 3500. The maximum atomic E-state index is 6.64. The van der Waals surface area contributed by atoms with Gasteiger partial charge in [-0.1, -0.05) is 72.8 Å². The minimum atomic E-state index is 0.358. The molecule has 9 aromatic carbocycles. The summed E-state index contributed by atoms with van der Waals surface area (Å²) in [6.45, 7) is 0. The second-order valence-electron chi connectivity index (χ2n) is 14.9. The van der Waals surface area contributed by atoms with E-state index in [1.807, 2.05) is 6.07 Å². The van der Waals surface area contributed by atoms with Gasteiger partial charge in [-0.15, -0.1) is 0 Å². The summed E-state index contributed by atoms with van der Waals surface area (Å²) in [5.41, 5.74) is 13.2. The number of hydrogen-bond donors (Lipinski definition) is 0. The molecular weight excluding hydrogens is 772 g/mol. The number of nitrogens with zero attached hydrogens (tertiary/aromatic N) is 2. The Morgan fingerprint density at radius 3 is 1.76 bits per heavy atom. The molecule has 0 radical (unpaired) electrons. The fraction of sp³-hybridized carbons (Fsp3) is 0. The summed E-state index contributed by atoms with van der Waals surface area (Å²) in [6, 6.07) is 74.8. The van der Waals surface area contributed by atoms with Crippen LogP contribution in [0.3, 0.4) is 0 Å². The van der Waals surface area contributed by atoms with E-state index in [0.29, 0.717) is 14.5 Å². The molecule has 0 saturated carbocycles. The summed E-state index contributed by atoms with van der Waals surface area (Å²) in [6.07, 6.45) is 0. The number of aromatic nitrogens is 1. The Balaban J connectivity index is 0.974. The van der Waals surface area contributed by atoms with Gasteiger partial charge in [0.05, 0.1) is 11.0 Å². The Hall–Kier alpha value is -7.10. The number of anilines is 3. The average molecular weight is 806 g/mol. The minimum absolute atomic E-state index is 0.358. The van der Waals surface area contributed by atoms with Crippen LogP contribution in [0.2, 0.25) is 0 Å². The first kappa shape index (κ1) is 33.1. The summed E-state index contributed by atoms with van der Waals surface area (Å²) < 4.78 is 11.9. The van der Waals surface area contributed by atoms with Crippen LogP contribution in [0.25, 0.3) is 91.0 Å². The molecule has 0 N–H and O–H groups in total. The zero-order valence-electron chi connectivity index (χ0n) is 31.3. The van der Waals surface area contributed by atoms with Crippen molar-refractivity contribution in [3.05, 3.63) is 206 Å². The first-order valence-corrected chi connectivity index (χ1v) is 21.4. The zero-order valence-corrected chi connectivity index (χ0v) is 33.1. The van der Waals surface area contributed by atoms with Gasteiger partial charge in [0.15, 0.2) is 0 Å². The number of fused-ring (bicyclic) bond motifs is 9. The fourth-order valence-electron chi connectivity index (χ4n) is 8.85. The average Bonchev–Trinajstić information content (AvgIpc) is 3.97. The second-order valence-corrected chi connectivity index (χ2v) is 17.2. The van der Waals surface area contributed by atoms with Gasteiger partial charge in [0.25, 0.3) is 0 Å². The third kappa shape index (κ3) is 5.27. The van der Waals surface area contributed by atoms with Crippen molar-refractivity contribution in [1.82, 2.24) is 4.57 Å². The molecule has 0 amide bonds. The standard InChI is InChI=1S/C54H34N2OSe/c1-2-11-39(12-3-1)56-48-17-7-4-13-42(48)43-31-25-38(34-50(43)56)36-23-29-41(30-24-36)55(49-18-10-16-46-44-14-5-8-19-51(44)57-54(46)49)40-27-21-35(22-28-40)37-26-32-53-47(33-37)45-15-6-9-20-52(45)58-53/h1-34H. The Kier molecular flexibility index (Phi) is 7.56. The van der Waals surface area contributed by atoms with E-state index in [0.717, 1.165) is 50.3 Å². The summed E-state index contributed by atoms with van der Waals surface area (Å²) >= 11 is 0.358. The van der Waals surface area contributed by atoms with Crippen molar-refractivity contribution in [2.24, 2.45) is 0 Å². The van der Waals surface area contributed by atoms with Crippen LogP contribution in [-0.2, 0) is 0 Å². The van der Waals surface area contributed by atoms with Crippen molar-refractivity contribution < 1.29 is 4.42 Å². The molecule has 58 heavy (non-hydrogen) atoms. The maximum absolute atomic E-state index is 6.64. The van der Waals surface area contributed by atoms with Crippen LogP contribution in [0, 0.1) is 0 Å². The smallest absolute Gasteiger partial charge is 0.0602 e. The van der Waals surface area contributed by atoms with Gasteiger partial charge >= 0.3 is 185 Å². The Labute approximate surface area is 341 Å². The normalized spacial score (nSPS) is 11.8. The molecule has 0 saturated heterocycles. The Morgan fingerprint density at radius 1 is 0.379 bits per heavy atom. The molecule has 3 aromatic heterocycles. The second kappa shape index (κ2) is 13.2. The van der Waals surface area contributed by atoms with Crippen molar-refractivity contribution in [2.75, 3.05) is 4.90 Å². The predicted molar refractivity (Wildman–Crippen MR) is 246 cm³/mol. The van der Waals surface area contributed by atoms with E-state index in [1.54, 1.807) is 0 Å². The monoisotopic (exact) mass is 806 g/mol. The van der Waals surface area contributed by atoms with E-state index in [1.165, 1.54) is 57.8 Å². The van der Waals surface area contributed by atoms with Crippen LogP contribution in [0.4, 0.5) is 17.1 Å². The van der Waals surface area contributed by atoms with E-state index >= 15 is 0 Å². The van der Waals surface area contributed by atoms with Crippen molar-refractivity contribution >= 4 is 94.6 Å². The van der Waals surface area contributed by atoms with E-state index < -0.39 is 0 Å². The zero-order chi connectivity index (χ0) is 38.2. The van der Waals surface area contributed by atoms with E-state index in [-0.39, 0.29) is 0 Å². The topological polar surface area (TPSA) is 21.3 Å². The third-order valence-electron chi connectivity index (χ3n) is 11.6. The van der Waals surface area contributed by atoms with Crippen LogP contribution in [0.5, 0.6) is 0 Å². The van der Waals surface area contributed by atoms with Crippen molar-refractivity contribution in [3.63, 3.8) is 0 Å². The molecular formula is C54H34N2OSe. The molecule has 3 nitrogen and oxygen atoms in total. The number of furan rings is 1. The van der Waals surface area contributed by atoms with Crippen LogP contribution >= 0.6 is 0 Å². The van der Waals surface area contributed by atoms with E-state index in [4.69, 9.17) is 4.42 Å². The SMILES string of the molecule is c1ccc(-n2c3ccccc3c3ccc(-c4ccc(N(c5ccc(-c6ccc7[se]c8ccccc8c7c6)cc5)c5cccc6c5oc5ccccc56)cc4)cc32)cc1. The van der Waals surface area contributed by atoms with Gasteiger partial charge in [-0.2, -0.15) is 0 Å². The Morgan fingerprint density at radius 2 is 0.966 bits per heavy atom. The van der Waals surface area contributed by atoms with Gasteiger partial charge < -0.3 is 4.57 Å². The molecule has 4 heteroatoms. The number of rotatable bonds is 6. The quantitative estimate of drug-likeness (QED) is 0.156. The fourth-order valence-corrected chi connectivity index (χ4v) is 11.1. The van der Waals surface area contributed by atoms with E-state index in [2.05, 4.69) is 210 Å². The predicted octanol–water partition coefficient (Wildman–Crippen LogP) is 14.9. The van der Waals surface area contributed by atoms with Gasteiger partial charge in [-0.25, -0.2) is 0 Å². The summed E-state index contributed by atoms with van der Waals surface area (Å²) in [7, 11) is 0. The van der Waals surface area contributed by atoms with Crippen LogP contribution in [-0.4, -0.2) is 19.1 Å². The summed E-state index contributed by atoms with van der Waals surface area (Å²) in [5, 5.41) is 7.48. The van der Waals surface area contributed by atoms with Gasteiger partial charge in [0.2, 0.25) is 0 Å². The van der Waals surface area contributed by atoms with Gasteiger partial charge in [-0.3, -0.25) is 0 Å². The number of hydrogen-bond acceptors (Lipinski definition) is 2. The molecule has 0 aliphatic carbocycles. The number of benzene rings is 9. The summed E-state index contributed by atoms with van der Waals surface area (Å²) in [4.78, 5) is 2.33. The van der Waals surface area contributed by atoms with Crippen LogP contribution < -0.4 is 4.90 Å². The van der Waals surface area contributed by atoms with Crippen molar-refractivity contribution in [3.8, 4) is 27.9 Å². The molecule has 12 rings (SSSR count). The van der Waals surface area contributed by atoms with Gasteiger partial charge in [0, 0.05) is 21.8 Å². The molecule has 0 bridgehead atoms. The number of para-hydroxylation sites is 4. The third-order valence-corrected chi connectivity index (χ3v) is 14.0. The first-order chi connectivity index (χ1) is 28.7. The first-order valence-electron chi connectivity index (χ1n) is 19.7. The van der Waals surface area contributed by atoms with E-state index in [9.17, 15) is 0 Å². The van der Waals surface area contributed by atoms with Crippen molar-refractivity contribution in [2.45, 2.75) is 0 Å². The molecule has 0 spiro atoms. The minimum Gasteiger partial charge on any atom is -0.0602 e. The molecule has 0 aliphatic rings. The summed E-state index contributed by atoms with van der Waals surface area (Å²) in [5.74, 6) is 0. The van der Waals surface area contributed by atoms with Gasteiger partial charge in [0.1, 0.15) is 5.58 Å². The van der Waals surface area contributed by atoms with Gasteiger partial charge in [-0.05, 0) is 41.5 Å².